The zero-order valence-corrected chi connectivity index (χ0v) is 14.9. The second-order valence-corrected chi connectivity index (χ2v) is 5.97. The lowest BCUT2D eigenvalue weighted by Crippen LogP contribution is -2.39. The largest absolute Gasteiger partial charge is 0.504 e. The normalized spacial score (nSPS) is 13.9. The van der Waals surface area contributed by atoms with E-state index in [1.54, 1.807) is 18.2 Å². The fourth-order valence-corrected chi connectivity index (χ4v) is 2.69. The Balaban J connectivity index is 1.93. The number of phenols is 2. The number of amides is 1. The van der Waals surface area contributed by atoms with Crippen molar-refractivity contribution < 1.29 is 24.5 Å². The fraction of sp³-hybridized carbons (Fsp3) is 0.278. The summed E-state index contributed by atoms with van der Waals surface area (Å²) in [4.78, 5) is 12.5. The Morgan fingerprint density at radius 1 is 1.11 bits per heavy atom. The van der Waals surface area contributed by atoms with Gasteiger partial charge in [0.25, 0.3) is 5.91 Å². The van der Waals surface area contributed by atoms with E-state index in [4.69, 9.17) is 15.2 Å². The number of phenolic OH excluding ortho intramolecular Hbond substituents is 2. The summed E-state index contributed by atoms with van der Waals surface area (Å²) in [6.45, 7) is 0.356. The second-order valence-electron chi connectivity index (χ2n) is 5.97. The van der Waals surface area contributed by atoms with Gasteiger partial charge in [-0.3, -0.25) is 4.79 Å². The molecule has 0 atom stereocenters. The number of methoxy groups -OCH3 is 2. The van der Waals surface area contributed by atoms with Gasteiger partial charge in [0.2, 0.25) is 5.66 Å². The molecule has 1 heterocycles. The molecule has 2 aromatic rings. The molecular formula is C18H20N4O5. The molecule has 1 amide bonds. The van der Waals surface area contributed by atoms with Crippen LogP contribution >= 0.6 is 0 Å². The number of nitrogens with one attached hydrogen (secondary N) is 1. The average molecular weight is 372 g/mol. The molecule has 2 aromatic carbocycles. The van der Waals surface area contributed by atoms with Gasteiger partial charge in [0.05, 0.1) is 26.3 Å². The molecule has 1 aliphatic rings. The van der Waals surface area contributed by atoms with Crippen molar-refractivity contribution in [1.82, 2.24) is 5.32 Å². The van der Waals surface area contributed by atoms with Gasteiger partial charge in [-0.05, 0) is 18.2 Å². The molecule has 0 saturated heterocycles. The van der Waals surface area contributed by atoms with E-state index < -0.39 is 11.6 Å². The van der Waals surface area contributed by atoms with E-state index in [0.717, 1.165) is 0 Å². The lowest BCUT2D eigenvalue weighted by atomic mass is 9.99. The van der Waals surface area contributed by atoms with Crippen LogP contribution in [0.4, 0.5) is 0 Å². The Labute approximate surface area is 155 Å². The quantitative estimate of drug-likeness (QED) is 0.583. The van der Waals surface area contributed by atoms with Crippen molar-refractivity contribution in [2.45, 2.75) is 5.66 Å². The smallest absolute Gasteiger partial charge is 0.255 e. The first-order valence-electron chi connectivity index (χ1n) is 8.15. The van der Waals surface area contributed by atoms with E-state index in [0.29, 0.717) is 11.1 Å². The first kappa shape index (κ1) is 18.5. The highest BCUT2D eigenvalue weighted by Crippen LogP contribution is 2.45. The summed E-state index contributed by atoms with van der Waals surface area (Å²) in [6, 6.07) is 7.91. The van der Waals surface area contributed by atoms with Crippen LogP contribution in [-0.2, 0) is 0 Å². The SMILES string of the molecule is COc1cccc(-c2ccc(C(=O)NCC3(CN)N=N3)c(OC)c2O)c1O. The molecule has 0 radical (unpaired) electrons. The standard InChI is InChI=1S/C18H20N4O5/c1-26-13-5-3-4-10(14(13)23)11-6-7-12(16(27-2)15(11)24)17(25)20-9-18(8-19)21-22-18/h3-7,23-24H,8-9,19H2,1-2H3,(H,20,25). The second kappa shape index (κ2) is 7.12. The van der Waals surface area contributed by atoms with Crippen LogP contribution < -0.4 is 20.5 Å². The summed E-state index contributed by atoms with van der Waals surface area (Å²) in [5, 5.41) is 31.3. The maximum Gasteiger partial charge on any atom is 0.255 e. The highest BCUT2D eigenvalue weighted by Gasteiger charge is 2.39. The van der Waals surface area contributed by atoms with E-state index in [9.17, 15) is 15.0 Å². The Morgan fingerprint density at radius 3 is 2.41 bits per heavy atom. The molecule has 0 aliphatic carbocycles. The lowest BCUT2D eigenvalue weighted by Gasteiger charge is -2.16. The van der Waals surface area contributed by atoms with Crippen molar-refractivity contribution in [3.05, 3.63) is 35.9 Å². The average Bonchev–Trinajstić information content (AvgIpc) is 3.47. The molecule has 5 N–H and O–H groups in total. The van der Waals surface area contributed by atoms with Crippen molar-refractivity contribution in [2.75, 3.05) is 27.3 Å². The molecule has 0 aromatic heterocycles. The number of rotatable bonds is 7. The number of nitrogens with two attached hydrogens (primary N) is 1. The minimum absolute atomic E-state index is 0.0151. The molecule has 1 aliphatic heterocycles. The van der Waals surface area contributed by atoms with Crippen molar-refractivity contribution in [3.8, 4) is 34.1 Å². The maximum atomic E-state index is 12.5. The van der Waals surface area contributed by atoms with E-state index in [2.05, 4.69) is 15.5 Å². The third kappa shape index (κ3) is 3.36. The minimum atomic E-state index is -0.753. The topological polar surface area (TPSA) is 139 Å². The first-order chi connectivity index (χ1) is 13.0. The number of para-hydroxylation sites is 1. The summed E-state index contributed by atoms with van der Waals surface area (Å²) < 4.78 is 10.3. The van der Waals surface area contributed by atoms with E-state index in [-0.39, 0.29) is 41.7 Å². The number of carbonyl (C=O) groups is 1. The Hall–Kier alpha value is -3.33. The van der Waals surface area contributed by atoms with Crippen LogP contribution in [0, 0.1) is 0 Å². The number of nitrogens with zero attached hydrogens (tertiary/aromatic N) is 2. The van der Waals surface area contributed by atoms with Crippen LogP contribution in [0.2, 0.25) is 0 Å². The Kier molecular flexibility index (Phi) is 4.87. The minimum Gasteiger partial charge on any atom is -0.504 e. The van der Waals surface area contributed by atoms with Gasteiger partial charge in [0.15, 0.2) is 23.0 Å². The van der Waals surface area contributed by atoms with Crippen LogP contribution in [0.3, 0.4) is 0 Å². The van der Waals surface area contributed by atoms with Gasteiger partial charge in [-0.15, -0.1) is 0 Å². The molecule has 0 unspecified atom stereocenters. The summed E-state index contributed by atoms with van der Waals surface area (Å²) in [5.41, 5.74) is 5.58. The zero-order valence-electron chi connectivity index (χ0n) is 14.9. The maximum absolute atomic E-state index is 12.5. The van der Waals surface area contributed by atoms with Gasteiger partial charge in [-0.1, -0.05) is 12.1 Å². The Morgan fingerprint density at radius 2 is 1.81 bits per heavy atom. The summed E-state index contributed by atoms with van der Waals surface area (Å²) in [6.07, 6.45) is 0. The van der Waals surface area contributed by atoms with Gasteiger partial charge in [-0.2, -0.15) is 10.2 Å². The highest BCUT2D eigenvalue weighted by molar-refractivity contribution is 5.99. The van der Waals surface area contributed by atoms with Crippen molar-refractivity contribution in [2.24, 2.45) is 16.0 Å². The molecule has 9 nitrogen and oxygen atoms in total. The predicted molar refractivity (Wildman–Crippen MR) is 97.3 cm³/mol. The molecular weight excluding hydrogens is 352 g/mol. The van der Waals surface area contributed by atoms with Gasteiger partial charge < -0.3 is 30.7 Å². The molecule has 0 saturated carbocycles. The van der Waals surface area contributed by atoms with Crippen LogP contribution in [0.5, 0.6) is 23.0 Å². The highest BCUT2D eigenvalue weighted by atomic mass is 16.5. The first-order valence-corrected chi connectivity index (χ1v) is 8.15. The molecule has 0 bridgehead atoms. The molecule has 142 valence electrons. The summed E-state index contributed by atoms with van der Waals surface area (Å²) in [7, 11) is 2.77. The van der Waals surface area contributed by atoms with Crippen LogP contribution in [0.15, 0.2) is 40.6 Å². The van der Waals surface area contributed by atoms with E-state index >= 15 is 0 Å². The van der Waals surface area contributed by atoms with Gasteiger partial charge >= 0.3 is 0 Å². The molecule has 3 rings (SSSR count). The number of ether oxygens (including phenoxy) is 2. The number of carbonyl (C=O) groups excluding carboxylic acids is 1. The number of hydrogen-bond acceptors (Lipinski definition) is 8. The molecule has 0 fully saturated rings. The monoisotopic (exact) mass is 372 g/mol. The number of aromatic hydroxyl groups is 2. The van der Waals surface area contributed by atoms with Crippen molar-refractivity contribution in [3.63, 3.8) is 0 Å². The molecule has 0 spiro atoms. The van der Waals surface area contributed by atoms with Gasteiger partial charge in [-0.25, -0.2) is 0 Å². The zero-order chi connectivity index (χ0) is 19.6. The predicted octanol–water partition coefficient (Wildman–Crippen LogP) is 1.63. The number of benzene rings is 2. The third-order valence-corrected chi connectivity index (χ3v) is 4.33. The lowest BCUT2D eigenvalue weighted by molar-refractivity contribution is 0.0945. The fourth-order valence-electron chi connectivity index (χ4n) is 2.69. The van der Waals surface area contributed by atoms with Crippen molar-refractivity contribution in [1.29, 1.82) is 0 Å². The molecule has 9 heteroatoms. The third-order valence-electron chi connectivity index (χ3n) is 4.33. The van der Waals surface area contributed by atoms with Crippen LogP contribution in [-0.4, -0.2) is 49.1 Å². The van der Waals surface area contributed by atoms with Crippen LogP contribution in [0.25, 0.3) is 11.1 Å². The van der Waals surface area contributed by atoms with Gasteiger partial charge in [0, 0.05) is 17.7 Å². The van der Waals surface area contributed by atoms with E-state index in [1.165, 1.54) is 26.4 Å². The van der Waals surface area contributed by atoms with Crippen molar-refractivity contribution >= 4 is 5.91 Å². The summed E-state index contributed by atoms with van der Waals surface area (Å²) >= 11 is 0. The van der Waals surface area contributed by atoms with Gasteiger partial charge in [0.1, 0.15) is 0 Å². The Bertz CT molecular complexity index is 907. The number of hydrogen-bond donors (Lipinski definition) is 4. The summed E-state index contributed by atoms with van der Waals surface area (Å²) in [5.74, 6) is -0.622. The molecule has 27 heavy (non-hydrogen) atoms. The van der Waals surface area contributed by atoms with Crippen LogP contribution in [0.1, 0.15) is 10.4 Å². The van der Waals surface area contributed by atoms with E-state index in [1.807, 2.05) is 0 Å².